The summed E-state index contributed by atoms with van der Waals surface area (Å²) in [6, 6.07) is 14.0. The van der Waals surface area contributed by atoms with Crippen LogP contribution in [0.2, 0.25) is 0 Å². The normalized spacial score (nSPS) is 13.7. The standard InChI is InChI=1S/C22H19BrN4O2/c1-27-8-2-3-14-9-13(4-7-19(14)27)10-20-25-21(26-29-20)17-12-15-11-16(23)5-6-18(15)24-22(17)28/h4-7,9,11-12H,2-3,8,10H2,1H3,(H,24,28). The Labute approximate surface area is 175 Å². The van der Waals surface area contributed by atoms with Crippen molar-refractivity contribution in [2.75, 3.05) is 18.5 Å². The van der Waals surface area contributed by atoms with Crippen molar-refractivity contribution in [2.45, 2.75) is 19.3 Å². The molecule has 1 aliphatic heterocycles. The number of H-pyrrole nitrogens is 1. The van der Waals surface area contributed by atoms with Gasteiger partial charge < -0.3 is 14.4 Å². The van der Waals surface area contributed by atoms with Crippen LogP contribution in [0.15, 0.2) is 56.3 Å². The van der Waals surface area contributed by atoms with Gasteiger partial charge in [-0.3, -0.25) is 4.79 Å². The first-order chi connectivity index (χ1) is 14.1. The summed E-state index contributed by atoms with van der Waals surface area (Å²) in [7, 11) is 2.13. The Morgan fingerprint density at radius 3 is 3.00 bits per heavy atom. The molecule has 0 bridgehead atoms. The minimum absolute atomic E-state index is 0.232. The molecular weight excluding hydrogens is 432 g/mol. The number of hydrogen-bond donors (Lipinski definition) is 1. The average molecular weight is 451 g/mol. The number of benzene rings is 2. The van der Waals surface area contributed by atoms with Crippen LogP contribution in [-0.2, 0) is 12.8 Å². The van der Waals surface area contributed by atoms with E-state index in [2.05, 4.69) is 61.2 Å². The number of pyridine rings is 1. The molecule has 2 aromatic carbocycles. The second kappa shape index (κ2) is 7.15. The van der Waals surface area contributed by atoms with Crippen LogP contribution in [0, 0.1) is 0 Å². The third-order valence-electron chi connectivity index (χ3n) is 5.37. The summed E-state index contributed by atoms with van der Waals surface area (Å²) in [6.07, 6.45) is 2.80. The smallest absolute Gasteiger partial charge is 0.259 e. The van der Waals surface area contributed by atoms with Crippen LogP contribution in [0.1, 0.15) is 23.4 Å². The fourth-order valence-corrected chi connectivity index (χ4v) is 4.28. The second-order valence-electron chi connectivity index (χ2n) is 7.42. The molecule has 2 aromatic heterocycles. The van der Waals surface area contributed by atoms with E-state index in [0.29, 0.717) is 23.7 Å². The summed E-state index contributed by atoms with van der Waals surface area (Å²) < 4.78 is 6.39. The first-order valence-electron chi connectivity index (χ1n) is 9.55. The van der Waals surface area contributed by atoms with E-state index in [0.717, 1.165) is 33.9 Å². The van der Waals surface area contributed by atoms with E-state index in [9.17, 15) is 4.79 Å². The van der Waals surface area contributed by atoms with Crippen LogP contribution in [0.25, 0.3) is 22.3 Å². The lowest BCUT2D eigenvalue weighted by molar-refractivity contribution is 0.385. The molecule has 3 heterocycles. The Hall–Kier alpha value is -2.93. The molecule has 4 aromatic rings. The molecule has 146 valence electrons. The lowest BCUT2D eigenvalue weighted by Gasteiger charge is -2.27. The van der Waals surface area contributed by atoms with Crippen LogP contribution < -0.4 is 10.5 Å². The topological polar surface area (TPSA) is 75.0 Å². The number of anilines is 1. The predicted molar refractivity (Wildman–Crippen MR) is 116 cm³/mol. The zero-order valence-electron chi connectivity index (χ0n) is 15.9. The minimum Gasteiger partial charge on any atom is -0.374 e. The zero-order chi connectivity index (χ0) is 20.0. The van der Waals surface area contributed by atoms with Crippen LogP contribution in [0.3, 0.4) is 0 Å². The number of rotatable bonds is 3. The largest absolute Gasteiger partial charge is 0.374 e. The molecule has 1 aliphatic rings. The fourth-order valence-electron chi connectivity index (χ4n) is 3.90. The molecule has 0 saturated carbocycles. The Kier molecular flexibility index (Phi) is 4.47. The van der Waals surface area contributed by atoms with Crippen LogP contribution in [0.5, 0.6) is 0 Å². The quantitative estimate of drug-likeness (QED) is 0.503. The Morgan fingerprint density at radius 1 is 1.21 bits per heavy atom. The van der Waals surface area contributed by atoms with Crippen LogP contribution in [-0.4, -0.2) is 28.7 Å². The van der Waals surface area contributed by atoms with Gasteiger partial charge in [0.1, 0.15) is 0 Å². The summed E-state index contributed by atoms with van der Waals surface area (Å²) in [5.41, 5.74) is 4.71. The monoisotopic (exact) mass is 450 g/mol. The molecule has 6 nitrogen and oxygen atoms in total. The molecule has 0 spiro atoms. The summed E-state index contributed by atoms with van der Waals surface area (Å²) in [5, 5.41) is 4.95. The molecule has 0 fully saturated rings. The number of halogens is 1. The third kappa shape index (κ3) is 3.46. The Balaban J connectivity index is 1.45. The van der Waals surface area contributed by atoms with Gasteiger partial charge in [-0.2, -0.15) is 4.98 Å². The van der Waals surface area contributed by atoms with Gasteiger partial charge in [-0.25, -0.2) is 0 Å². The van der Waals surface area contributed by atoms with Gasteiger partial charge in [0.15, 0.2) is 0 Å². The summed E-state index contributed by atoms with van der Waals surface area (Å²) in [4.78, 5) is 22.1. The van der Waals surface area contributed by atoms with Crippen molar-refractivity contribution in [3.63, 3.8) is 0 Å². The van der Waals surface area contributed by atoms with Crippen molar-refractivity contribution in [3.05, 3.63) is 74.3 Å². The van der Waals surface area contributed by atoms with Crippen molar-refractivity contribution in [1.29, 1.82) is 0 Å². The maximum atomic E-state index is 12.5. The lowest BCUT2D eigenvalue weighted by Crippen LogP contribution is -2.24. The number of fused-ring (bicyclic) bond motifs is 2. The van der Waals surface area contributed by atoms with Gasteiger partial charge in [-0.05, 0) is 54.3 Å². The maximum Gasteiger partial charge on any atom is 0.259 e. The van der Waals surface area contributed by atoms with Crippen molar-refractivity contribution in [2.24, 2.45) is 0 Å². The molecule has 5 rings (SSSR count). The molecular formula is C22H19BrN4O2. The number of aromatic amines is 1. The first-order valence-corrected chi connectivity index (χ1v) is 10.3. The summed E-state index contributed by atoms with van der Waals surface area (Å²) >= 11 is 3.46. The van der Waals surface area contributed by atoms with E-state index in [4.69, 9.17) is 4.52 Å². The van der Waals surface area contributed by atoms with Gasteiger partial charge >= 0.3 is 0 Å². The van der Waals surface area contributed by atoms with E-state index in [-0.39, 0.29) is 5.56 Å². The van der Waals surface area contributed by atoms with Gasteiger partial charge in [-0.1, -0.05) is 33.2 Å². The molecule has 0 amide bonds. The maximum absolute atomic E-state index is 12.5. The van der Waals surface area contributed by atoms with Gasteiger partial charge in [0.25, 0.3) is 5.56 Å². The van der Waals surface area contributed by atoms with Crippen molar-refractivity contribution in [3.8, 4) is 11.4 Å². The van der Waals surface area contributed by atoms with Crippen molar-refractivity contribution in [1.82, 2.24) is 15.1 Å². The summed E-state index contributed by atoms with van der Waals surface area (Å²) in [6.45, 7) is 1.09. The van der Waals surface area contributed by atoms with Crippen LogP contribution in [0.4, 0.5) is 5.69 Å². The highest BCUT2D eigenvalue weighted by molar-refractivity contribution is 9.10. The number of aromatic nitrogens is 3. The van der Waals surface area contributed by atoms with E-state index < -0.39 is 0 Å². The number of nitrogens with zero attached hydrogens (tertiary/aromatic N) is 3. The first kappa shape index (κ1) is 18.1. The van der Waals surface area contributed by atoms with Crippen molar-refractivity contribution >= 4 is 32.5 Å². The van der Waals surface area contributed by atoms with Crippen LogP contribution >= 0.6 is 15.9 Å². The molecule has 1 N–H and O–H groups in total. The van der Waals surface area contributed by atoms with E-state index in [1.165, 1.54) is 17.7 Å². The molecule has 7 heteroatoms. The van der Waals surface area contributed by atoms with E-state index >= 15 is 0 Å². The second-order valence-corrected chi connectivity index (χ2v) is 8.34. The highest BCUT2D eigenvalue weighted by Crippen LogP contribution is 2.28. The minimum atomic E-state index is -0.232. The Morgan fingerprint density at radius 2 is 2.10 bits per heavy atom. The molecule has 0 radical (unpaired) electrons. The number of hydrogen-bond acceptors (Lipinski definition) is 5. The predicted octanol–water partition coefficient (Wildman–Crippen LogP) is 4.31. The molecule has 0 aliphatic carbocycles. The number of nitrogens with one attached hydrogen (secondary N) is 1. The lowest BCUT2D eigenvalue weighted by atomic mass is 9.98. The van der Waals surface area contributed by atoms with Gasteiger partial charge in [0.05, 0.1) is 12.0 Å². The highest BCUT2D eigenvalue weighted by Gasteiger charge is 2.16. The fraction of sp³-hybridized carbons (Fsp3) is 0.227. The van der Waals surface area contributed by atoms with Gasteiger partial charge in [0, 0.05) is 34.7 Å². The molecule has 0 saturated heterocycles. The highest BCUT2D eigenvalue weighted by atomic mass is 79.9. The van der Waals surface area contributed by atoms with Gasteiger partial charge in [-0.15, -0.1) is 0 Å². The summed E-state index contributed by atoms with van der Waals surface area (Å²) in [5.74, 6) is 0.804. The third-order valence-corrected chi connectivity index (χ3v) is 5.86. The molecule has 0 unspecified atom stereocenters. The van der Waals surface area contributed by atoms with Gasteiger partial charge in [0.2, 0.25) is 11.7 Å². The van der Waals surface area contributed by atoms with E-state index in [1.54, 1.807) is 6.07 Å². The number of aryl methyl sites for hydroxylation is 1. The zero-order valence-corrected chi connectivity index (χ0v) is 17.5. The SMILES string of the molecule is CN1CCCc2cc(Cc3nc(-c4cc5cc(Br)ccc5[nH]c4=O)no3)ccc21. The molecule has 0 atom stereocenters. The van der Waals surface area contributed by atoms with Crippen molar-refractivity contribution < 1.29 is 4.52 Å². The molecule has 29 heavy (non-hydrogen) atoms. The average Bonchev–Trinajstić information content (AvgIpc) is 3.16. The Bertz CT molecular complexity index is 1280. The van der Waals surface area contributed by atoms with E-state index in [1.807, 2.05) is 18.2 Å².